The Labute approximate surface area is 182 Å². The second-order valence-electron chi connectivity index (χ2n) is 8.58. The molecule has 0 aliphatic heterocycles. The van der Waals surface area contributed by atoms with Crippen molar-refractivity contribution in [3.8, 4) is 5.75 Å². The van der Waals surface area contributed by atoms with E-state index in [0.29, 0.717) is 18.5 Å². The molecule has 1 aromatic rings. The van der Waals surface area contributed by atoms with Gasteiger partial charge in [0.05, 0.1) is 4.91 Å². The first-order chi connectivity index (χ1) is 14.3. The molecule has 0 N–H and O–H groups in total. The van der Waals surface area contributed by atoms with Crippen LogP contribution < -0.4 is 4.74 Å². The SMILES string of the molecule is CN(C)CCN(CC(=O)OC(C)(C)C)S(=O)(=O)C1=Cc2ccc(OC(F)F)cc2CC1. The number of carbonyl (C=O) groups is 1. The lowest BCUT2D eigenvalue weighted by Gasteiger charge is -2.27. The van der Waals surface area contributed by atoms with Crippen molar-refractivity contribution in [3.63, 3.8) is 0 Å². The van der Waals surface area contributed by atoms with Gasteiger partial charge in [0.1, 0.15) is 17.9 Å². The first-order valence-corrected chi connectivity index (χ1v) is 11.4. The lowest BCUT2D eigenvalue weighted by molar-refractivity contribution is -0.155. The van der Waals surface area contributed by atoms with Crippen molar-refractivity contribution in [1.82, 2.24) is 9.21 Å². The molecule has 0 saturated carbocycles. The molecule has 1 aromatic carbocycles. The van der Waals surface area contributed by atoms with Crippen LogP contribution in [0.5, 0.6) is 5.75 Å². The van der Waals surface area contributed by atoms with Crippen LogP contribution >= 0.6 is 0 Å². The predicted octanol–water partition coefficient (Wildman–Crippen LogP) is 3.11. The van der Waals surface area contributed by atoms with Crippen LogP contribution in [0.2, 0.25) is 0 Å². The molecule has 2 rings (SSSR count). The van der Waals surface area contributed by atoms with Crippen molar-refractivity contribution in [2.24, 2.45) is 0 Å². The minimum Gasteiger partial charge on any atom is -0.459 e. The fourth-order valence-electron chi connectivity index (χ4n) is 3.10. The van der Waals surface area contributed by atoms with Crippen LogP contribution in [0.25, 0.3) is 6.08 Å². The fourth-order valence-corrected chi connectivity index (χ4v) is 4.67. The summed E-state index contributed by atoms with van der Waals surface area (Å²) in [6.45, 7) is 2.40. The van der Waals surface area contributed by atoms with E-state index in [0.717, 1.165) is 9.87 Å². The number of benzene rings is 1. The van der Waals surface area contributed by atoms with Gasteiger partial charge < -0.3 is 14.4 Å². The number of aryl methyl sites for hydroxylation is 1. The molecule has 0 spiro atoms. The van der Waals surface area contributed by atoms with Gasteiger partial charge >= 0.3 is 12.6 Å². The Balaban J connectivity index is 2.29. The molecule has 0 saturated heterocycles. The minimum absolute atomic E-state index is 0.0333. The Bertz CT molecular complexity index is 924. The molecule has 31 heavy (non-hydrogen) atoms. The highest BCUT2D eigenvalue weighted by atomic mass is 32.2. The molecule has 1 aliphatic rings. The average Bonchev–Trinajstić information content (AvgIpc) is 2.62. The molecule has 0 amide bonds. The minimum atomic E-state index is -3.93. The molecule has 0 bridgehead atoms. The number of hydrogen-bond acceptors (Lipinski definition) is 6. The molecule has 0 heterocycles. The molecule has 0 radical (unpaired) electrons. The van der Waals surface area contributed by atoms with Crippen LogP contribution in [0.3, 0.4) is 0 Å². The number of likely N-dealkylation sites (N-methyl/N-ethyl adjacent to an activating group) is 1. The number of alkyl halides is 2. The predicted molar refractivity (Wildman–Crippen MR) is 114 cm³/mol. The van der Waals surface area contributed by atoms with E-state index in [1.54, 1.807) is 26.8 Å². The summed E-state index contributed by atoms with van der Waals surface area (Å²) < 4.78 is 62.4. The summed E-state index contributed by atoms with van der Waals surface area (Å²) in [6.07, 6.45) is 2.08. The molecule has 0 atom stereocenters. The summed E-state index contributed by atoms with van der Waals surface area (Å²) >= 11 is 0. The lowest BCUT2D eigenvalue weighted by atomic mass is 9.97. The number of halogens is 2. The Morgan fingerprint density at radius 1 is 1.16 bits per heavy atom. The topological polar surface area (TPSA) is 76.2 Å². The number of sulfonamides is 1. The molecule has 10 heteroatoms. The van der Waals surface area contributed by atoms with Gasteiger partial charge in [-0.15, -0.1) is 0 Å². The van der Waals surface area contributed by atoms with E-state index in [-0.39, 0.29) is 23.6 Å². The number of ether oxygens (including phenoxy) is 2. The second-order valence-corrected chi connectivity index (χ2v) is 10.6. The van der Waals surface area contributed by atoms with Crippen molar-refractivity contribution in [3.05, 3.63) is 34.2 Å². The van der Waals surface area contributed by atoms with Gasteiger partial charge in [-0.1, -0.05) is 6.07 Å². The van der Waals surface area contributed by atoms with Crippen molar-refractivity contribution in [1.29, 1.82) is 0 Å². The van der Waals surface area contributed by atoms with E-state index in [2.05, 4.69) is 4.74 Å². The highest BCUT2D eigenvalue weighted by Crippen LogP contribution is 2.31. The van der Waals surface area contributed by atoms with E-state index >= 15 is 0 Å². The number of hydrogen-bond donors (Lipinski definition) is 0. The summed E-state index contributed by atoms with van der Waals surface area (Å²) in [6, 6.07) is 4.42. The van der Waals surface area contributed by atoms with Crippen molar-refractivity contribution in [2.75, 3.05) is 33.7 Å². The highest BCUT2D eigenvalue weighted by molar-refractivity contribution is 7.93. The monoisotopic (exact) mass is 460 g/mol. The van der Waals surface area contributed by atoms with Crippen molar-refractivity contribution in [2.45, 2.75) is 45.8 Å². The standard InChI is InChI=1S/C21H30F2N2O5S/c1-21(2,3)30-19(26)14-25(11-10-24(4)5)31(27,28)18-9-7-15-12-17(29-20(22)23)8-6-16(15)13-18/h6,8,12-13,20H,7,9-11,14H2,1-5H3. The van der Waals surface area contributed by atoms with Gasteiger partial charge in [-0.3, -0.25) is 4.79 Å². The van der Waals surface area contributed by atoms with Crippen molar-refractivity contribution >= 4 is 22.1 Å². The third-order valence-corrected chi connectivity index (χ3v) is 6.47. The number of carbonyl (C=O) groups excluding carboxylic acids is 1. The summed E-state index contributed by atoms with van der Waals surface area (Å²) in [4.78, 5) is 14.3. The van der Waals surface area contributed by atoms with E-state index in [9.17, 15) is 22.0 Å². The molecule has 174 valence electrons. The Morgan fingerprint density at radius 2 is 1.84 bits per heavy atom. The number of esters is 1. The largest absolute Gasteiger partial charge is 0.459 e. The Hall–Kier alpha value is -2.04. The van der Waals surface area contributed by atoms with Crippen molar-refractivity contribution < 1.29 is 31.5 Å². The lowest BCUT2D eigenvalue weighted by Crippen LogP contribution is -2.42. The Morgan fingerprint density at radius 3 is 2.42 bits per heavy atom. The maximum absolute atomic E-state index is 13.3. The Kier molecular flexibility index (Phi) is 8.18. The average molecular weight is 461 g/mol. The zero-order chi connectivity index (χ0) is 23.4. The van der Waals surface area contributed by atoms with Gasteiger partial charge in [-0.2, -0.15) is 13.1 Å². The zero-order valence-electron chi connectivity index (χ0n) is 18.5. The van der Waals surface area contributed by atoms with Gasteiger partial charge in [-0.25, -0.2) is 8.42 Å². The second kappa shape index (κ2) is 10.1. The maximum Gasteiger partial charge on any atom is 0.387 e. The van der Waals surface area contributed by atoms with Gasteiger partial charge in [0.25, 0.3) is 0 Å². The molecular formula is C21H30F2N2O5S. The molecule has 7 nitrogen and oxygen atoms in total. The summed E-state index contributed by atoms with van der Waals surface area (Å²) in [7, 11) is -0.301. The van der Waals surface area contributed by atoms with Gasteiger partial charge in [-0.05, 0) is 77.0 Å². The van der Waals surface area contributed by atoms with E-state index in [1.807, 2.05) is 19.0 Å². The summed E-state index contributed by atoms with van der Waals surface area (Å²) in [5.41, 5.74) is 0.620. The van der Waals surface area contributed by atoms with E-state index in [1.165, 1.54) is 18.2 Å². The van der Waals surface area contributed by atoms with Gasteiger partial charge in [0, 0.05) is 13.1 Å². The normalized spacial score (nSPS) is 14.6. The van der Waals surface area contributed by atoms with Crippen LogP contribution in [0.15, 0.2) is 23.1 Å². The smallest absolute Gasteiger partial charge is 0.387 e. The van der Waals surface area contributed by atoms with Crippen LogP contribution in [-0.2, 0) is 26.0 Å². The quantitative estimate of drug-likeness (QED) is 0.527. The zero-order valence-corrected chi connectivity index (χ0v) is 19.3. The van der Waals surface area contributed by atoms with Crippen LogP contribution in [0.1, 0.15) is 38.3 Å². The summed E-state index contributed by atoms with van der Waals surface area (Å²) in [5.74, 6) is -0.591. The van der Waals surface area contributed by atoms with Crippen LogP contribution in [-0.4, -0.2) is 69.5 Å². The number of rotatable bonds is 9. The first-order valence-electron chi connectivity index (χ1n) is 9.93. The third-order valence-electron chi connectivity index (χ3n) is 4.49. The van der Waals surface area contributed by atoms with E-state index < -0.39 is 34.7 Å². The fraction of sp³-hybridized carbons (Fsp3) is 0.571. The molecular weight excluding hydrogens is 430 g/mol. The number of allylic oxidation sites excluding steroid dienone is 1. The molecule has 1 aliphatic carbocycles. The van der Waals surface area contributed by atoms with E-state index in [4.69, 9.17) is 4.74 Å². The molecule has 0 unspecified atom stereocenters. The highest BCUT2D eigenvalue weighted by Gasteiger charge is 2.31. The molecule has 0 fully saturated rings. The maximum atomic E-state index is 13.3. The third kappa shape index (κ3) is 7.55. The van der Waals surface area contributed by atoms with Gasteiger partial charge in [0.2, 0.25) is 10.0 Å². The first kappa shape index (κ1) is 25.2. The van der Waals surface area contributed by atoms with Crippen LogP contribution in [0, 0.1) is 0 Å². The van der Waals surface area contributed by atoms with Crippen LogP contribution in [0.4, 0.5) is 8.78 Å². The number of nitrogens with zero attached hydrogens (tertiary/aromatic N) is 2. The summed E-state index contributed by atoms with van der Waals surface area (Å²) in [5, 5.41) is 0. The van der Waals surface area contributed by atoms with Gasteiger partial charge in [0.15, 0.2) is 0 Å². The molecule has 0 aromatic heterocycles. The number of fused-ring (bicyclic) bond motifs is 1.